The zero-order valence-electron chi connectivity index (χ0n) is 11.3. The van der Waals surface area contributed by atoms with E-state index in [1.807, 2.05) is 32.1 Å². The van der Waals surface area contributed by atoms with E-state index >= 15 is 0 Å². The average molecular weight is 269 g/mol. The van der Waals surface area contributed by atoms with Crippen LogP contribution in [-0.4, -0.2) is 15.2 Å². The maximum atomic E-state index is 12.2. The predicted molar refractivity (Wildman–Crippen MR) is 77.4 cm³/mol. The maximum Gasteiger partial charge on any atom is 0.278 e. The second-order valence-corrected chi connectivity index (χ2v) is 5.23. The molecule has 5 heteroatoms. The highest BCUT2D eigenvalue weighted by atomic mass is 16.5. The van der Waals surface area contributed by atoms with Crippen molar-refractivity contribution in [2.24, 2.45) is 0 Å². The highest BCUT2D eigenvalue weighted by Gasteiger charge is 2.28. The molecule has 1 aliphatic heterocycles. The van der Waals surface area contributed by atoms with Crippen molar-refractivity contribution in [2.75, 3.05) is 5.73 Å². The second-order valence-electron chi connectivity index (χ2n) is 5.23. The molecule has 2 N–H and O–H groups in total. The van der Waals surface area contributed by atoms with E-state index in [-0.39, 0.29) is 11.2 Å². The number of fused-ring (bicyclic) bond motifs is 1. The van der Waals surface area contributed by atoms with Gasteiger partial charge in [-0.15, -0.1) is 0 Å². The summed E-state index contributed by atoms with van der Waals surface area (Å²) in [5, 5.41) is 0. The van der Waals surface area contributed by atoms with Gasteiger partial charge in [0, 0.05) is 12.4 Å². The van der Waals surface area contributed by atoms with Gasteiger partial charge in [0.15, 0.2) is 0 Å². The van der Waals surface area contributed by atoms with Gasteiger partial charge in [0.2, 0.25) is 5.88 Å². The summed E-state index contributed by atoms with van der Waals surface area (Å²) < 4.78 is 7.33. The fraction of sp³-hybridized carbons (Fsp3) is 0.200. The maximum absolute atomic E-state index is 12.2. The molecule has 0 spiro atoms. The van der Waals surface area contributed by atoms with Crippen molar-refractivity contribution >= 4 is 11.4 Å². The molecule has 3 rings (SSSR count). The first kappa shape index (κ1) is 12.5. The monoisotopic (exact) mass is 269 g/mol. The Kier molecular flexibility index (Phi) is 2.64. The lowest BCUT2D eigenvalue weighted by Crippen LogP contribution is -2.33. The summed E-state index contributed by atoms with van der Waals surface area (Å²) in [5.41, 5.74) is 6.65. The number of nitrogens with two attached hydrogens (primary N) is 1. The predicted octanol–water partition coefficient (Wildman–Crippen LogP) is 1.89. The molecule has 0 fully saturated rings. The number of anilines is 1. The van der Waals surface area contributed by atoms with Crippen LogP contribution in [0.5, 0.6) is 5.88 Å². The van der Waals surface area contributed by atoms with Crippen molar-refractivity contribution in [2.45, 2.75) is 19.4 Å². The molecule has 0 radical (unpaired) electrons. The van der Waals surface area contributed by atoms with Gasteiger partial charge >= 0.3 is 0 Å². The first-order valence-corrected chi connectivity index (χ1v) is 6.33. The summed E-state index contributed by atoms with van der Waals surface area (Å²) in [6.45, 7) is 3.84. The quantitative estimate of drug-likeness (QED) is 0.858. The van der Waals surface area contributed by atoms with Crippen LogP contribution in [0.4, 0.5) is 5.69 Å². The van der Waals surface area contributed by atoms with E-state index < -0.39 is 5.60 Å². The van der Waals surface area contributed by atoms with Gasteiger partial charge in [-0.1, -0.05) is 0 Å². The molecular weight excluding hydrogens is 254 g/mol. The summed E-state index contributed by atoms with van der Waals surface area (Å²) in [7, 11) is 0. The molecule has 0 atom stereocenters. The summed E-state index contributed by atoms with van der Waals surface area (Å²) in [6.07, 6.45) is 5.26. The van der Waals surface area contributed by atoms with Crippen molar-refractivity contribution in [3.63, 3.8) is 0 Å². The molecule has 3 heterocycles. The van der Waals surface area contributed by atoms with E-state index in [9.17, 15) is 4.79 Å². The van der Waals surface area contributed by atoms with Crippen molar-refractivity contribution in [3.8, 4) is 5.88 Å². The van der Waals surface area contributed by atoms with Gasteiger partial charge in [-0.3, -0.25) is 9.36 Å². The van der Waals surface area contributed by atoms with E-state index in [0.717, 1.165) is 11.3 Å². The molecular formula is C15H15N3O2. The first-order chi connectivity index (χ1) is 9.48. The molecule has 20 heavy (non-hydrogen) atoms. The topological polar surface area (TPSA) is 70.1 Å². The third kappa shape index (κ3) is 1.97. The molecule has 0 saturated carbocycles. The van der Waals surface area contributed by atoms with Gasteiger partial charge in [0.1, 0.15) is 5.60 Å². The number of hydrogen-bond acceptors (Lipinski definition) is 4. The molecule has 5 nitrogen and oxygen atoms in total. The average Bonchev–Trinajstić information content (AvgIpc) is 2.40. The SMILES string of the molecule is CC1(C)C=C(n2cccc(N)c2=O)c2cccnc2O1. The van der Waals surface area contributed by atoms with Crippen molar-refractivity contribution in [3.05, 3.63) is 58.7 Å². The normalized spacial score (nSPS) is 16.0. The van der Waals surface area contributed by atoms with Crippen LogP contribution in [0.1, 0.15) is 19.4 Å². The Morgan fingerprint density at radius 2 is 2.10 bits per heavy atom. The molecule has 0 saturated heterocycles. The zero-order chi connectivity index (χ0) is 14.3. The van der Waals surface area contributed by atoms with E-state index in [4.69, 9.17) is 10.5 Å². The lowest BCUT2D eigenvalue weighted by atomic mass is 10.0. The minimum Gasteiger partial charge on any atom is -0.467 e. The van der Waals surface area contributed by atoms with Crippen molar-refractivity contribution in [1.82, 2.24) is 9.55 Å². The Morgan fingerprint density at radius 3 is 2.90 bits per heavy atom. The Morgan fingerprint density at radius 1 is 1.30 bits per heavy atom. The Balaban J connectivity index is 2.28. The van der Waals surface area contributed by atoms with Crippen LogP contribution in [0, 0.1) is 0 Å². The second kappa shape index (κ2) is 4.23. The molecule has 2 aromatic rings. The molecule has 0 amide bonds. The van der Waals surface area contributed by atoms with Gasteiger partial charge in [-0.25, -0.2) is 4.98 Å². The molecule has 0 aliphatic carbocycles. The van der Waals surface area contributed by atoms with E-state index in [0.29, 0.717) is 5.88 Å². The van der Waals surface area contributed by atoms with Crippen LogP contribution in [0.15, 0.2) is 47.5 Å². The minimum absolute atomic E-state index is 0.211. The summed E-state index contributed by atoms with van der Waals surface area (Å²) >= 11 is 0. The van der Waals surface area contributed by atoms with Crippen LogP contribution >= 0.6 is 0 Å². The largest absolute Gasteiger partial charge is 0.467 e. The lowest BCUT2D eigenvalue weighted by Gasteiger charge is -2.30. The van der Waals surface area contributed by atoms with Gasteiger partial charge in [0.05, 0.1) is 16.9 Å². The van der Waals surface area contributed by atoms with Crippen LogP contribution in [-0.2, 0) is 0 Å². The molecule has 0 bridgehead atoms. The first-order valence-electron chi connectivity index (χ1n) is 6.33. The smallest absolute Gasteiger partial charge is 0.278 e. The van der Waals surface area contributed by atoms with Gasteiger partial charge < -0.3 is 10.5 Å². The summed E-state index contributed by atoms with van der Waals surface area (Å²) in [6, 6.07) is 7.02. The standard InChI is InChI=1S/C15H15N3O2/c1-15(2)9-12(10-5-3-7-17-13(10)20-15)18-8-4-6-11(16)14(18)19/h3-9H,16H2,1-2H3. The number of aromatic nitrogens is 2. The highest BCUT2D eigenvalue weighted by molar-refractivity contribution is 5.72. The Labute approximate surface area is 116 Å². The van der Waals surface area contributed by atoms with Gasteiger partial charge in [0.25, 0.3) is 5.56 Å². The zero-order valence-corrected chi connectivity index (χ0v) is 11.3. The number of pyridine rings is 2. The number of nitrogen functional groups attached to an aromatic ring is 1. The summed E-state index contributed by atoms with van der Waals surface area (Å²) in [5.74, 6) is 0.518. The fourth-order valence-corrected chi connectivity index (χ4v) is 2.25. The molecule has 102 valence electrons. The van der Waals surface area contributed by atoms with E-state index in [1.165, 1.54) is 4.57 Å². The van der Waals surface area contributed by atoms with Gasteiger partial charge in [-0.05, 0) is 44.2 Å². The highest BCUT2D eigenvalue weighted by Crippen LogP contribution is 2.34. The van der Waals surface area contributed by atoms with Gasteiger partial charge in [-0.2, -0.15) is 0 Å². The minimum atomic E-state index is -0.541. The third-order valence-electron chi connectivity index (χ3n) is 3.13. The number of rotatable bonds is 1. The number of ether oxygens (including phenoxy) is 1. The number of hydrogen-bond donors (Lipinski definition) is 1. The van der Waals surface area contributed by atoms with Crippen molar-refractivity contribution in [1.29, 1.82) is 0 Å². The number of nitrogens with zero attached hydrogens (tertiary/aromatic N) is 2. The van der Waals surface area contributed by atoms with E-state index in [2.05, 4.69) is 4.98 Å². The van der Waals surface area contributed by atoms with Crippen LogP contribution in [0.3, 0.4) is 0 Å². The molecule has 1 aliphatic rings. The third-order valence-corrected chi connectivity index (χ3v) is 3.13. The summed E-state index contributed by atoms with van der Waals surface area (Å²) in [4.78, 5) is 16.5. The van der Waals surface area contributed by atoms with Crippen molar-refractivity contribution < 1.29 is 4.74 Å². The molecule has 0 unspecified atom stereocenters. The Bertz CT molecular complexity index is 760. The van der Waals surface area contributed by atoms with E-state index in [1.54, 1.807) is 24.5 Å². The Hall–Kier alpha value is -2.56. The van der Waals surface area contributed by atoms with Crippen LogP contribution < -0.4 is 16.0 Å². The van der Waals surface area contributed by atoms with Crippen LogP contribution in [0.2, 0.25) is 0 Å². The lowest BCUT2D eigenvalue weighted by molar-refractivity contribution is 0.149. The molecule has 2 aromatic heterocycles. The molecule has 0 aromatic carbocycles. The van der Waals surface area contributed by atoms with Crippen LogP contribution in [0.25, 0.3) is 5.70 Å². The fourth-order valence-electron chi connectivity index (χ4n) is 2.25.